The highest BCUT2D eigenvalue weighted by Crippen LogP contribution is 1.87. The molecule has 3 nitrogen and oxygen atoms in total. The van der Waals surface area contributed by atoms with Crippen LogP contribution in [0.3, 0.4) is 0 Å². The van der Waals surface area contributed by atoms with E-state index in [9.17, 15) is 9.59 Å². The summed E-state index contributed by atoms with van der Waals surface area (Å²) in [5, 5.41) is 0. The van der Waals surface area contributed by atoms with E-state index in [-0.39, 0.29) is 12.5 Å². The Morgan fingerprint density at radius 3 is 2.29 bits per heavy atom. The van der Waals surface area contributed by atoms with Crippen molar-refractivity contribution in [1.82, 2.24) is 5.73 Å². The molecule has 0 aliphatic rings. The Bertz CT molecular complexity index is 72.1. The first-order chi connectivity index (χ1) is 3.31. The minimum absolute atomic E-state index is 0.0660. The van der Waals surface area contributed by atoms with Crippen LogP contribution in [0.4, 0.5) is 0 Å². The van der Waals surface area contributed by atoms with Gasteiger partial charge in [-0.05, 0) is 0 Å². The molecule has 0 spiro atoms. The number of aldehydes is 2. The largest absolute Gasteiger partial charge is 0.303 e. The lowest BCUT2D eigenvalue weighted by Gasteiger charge is -1.86. The normalized spacial score (nSPS) is 8.86. The fraction of sp³-hybridized carbons (Fsp3) is 0.250. The molecule has 7 heavy (non-hydrogen) atoms. The number of hydrogen-bond acceptors (Lipinski definition) is 2. The molecule has 38 valence electrons. The summed E-state index contributed by atoms with van der Waals surface area (Å²) in [6, 6.07) is -0.171. The van der Waals surface area contributed by atoms with E-state index < -0.39 is 0 Å². The minimum atomic E-state index is -0.171. The van der Waals surface area contributed by atoms with Crippen LogP contribution >= 0.6 is 0 Å². The molecule has 0 unspecified atom stereocenters. The van der Waals surface area contributed by atoms with Gasteiger partial charge in [0.1, 0.15) is 18.6 Å². The molecule has 0 aromatic heterocycles. The Labute approximate surface area is 41.5 Å². The van der Waals surface area contributed by atoms with E-state index in [2.05, 4.69) is 0 Å². The van der Waals surface area contributed by atoms with Crippen molar-refractivity contribution in [2.24, 2.45) is 0 Å². The lowest BCUT2D eigenvalue weighted by atomic mass is 10.3. The van der Waals surface area contributed by atoms with Crippen LogP contribution in [0.25, 0.3) is 0 Å². The monoisotopic (exact) mass is 99.0 g/mol. The van der Waals surface area contributed by atoms with Gasteiger partial charge in [-0.25, -0.2) is 5.73 Å². The lowest BCUT2D eigenvalue weighted by Crippen LogP contribution is -1.98. The molecule has 3 heteroatoms. The Kier molecular flexibility index (Phi) is 3.14. The molecule has 1 N–H and O–H groups in total. The van der Waals surface area contributed by atoms with Crippen molar-refractivity contribution in [1.29, 1.82) is 0 Å². The Hall–Kier alpha value is -0.700. The Balaban J connectivity index is 3.15. The van der Waals surface area contributed by atoms with Crippen LogP contribution in [0.1, 0.15) is 6.42 Å². The van der Waals surface area contributed by atoms with Gasteiger partial charge in [0.05, 0.1) is 0 Å². The fourth-order valence-electron chi connectivity index (χ4n) is 0.138. The molecule has 2 radical (unpaired) electrons. The zero-order valence-electron chi connectivity index (χ0n) is 3.68. The number of carbonyl (C=O) groups is 2. The number of carbonyl (C=O) groups excluding carboxylic acids is 2. The summed E-state index contributed by atoms with van der Waals surface area (Å²) in [5.41, 5.74) is 6.54. The highest BCUT2D eigenvalue weighted by molar-refractivity contribution is 5.73. The van der Waals surface area contributed by atoms with Crippen LogP contribution in [0.2, 0.25) is 0 Å². The molecule has 0 aliphatic heterocycles. The molecule has 0 rings (SSSR count). The van der Waals surface area contributed by atoms with Crippen molar-refractivity contribution >= 4 is 12.6 Å². The predicted molar refractivity (Wildman–Crippen MR) is 23.1 cm³/mol. The number of rotatable bonds is 3. The third kappa shape index (κ3) is 3.12. The maximum atomic E-state index is 9.51. The average molecular weight is 99.1 g/mol. The molecular weight excluding hydrogens is 94.0 g/mol. The van der Waals surface area contributed by atoms with Crippen molar-refractivity contribution < 1.29 is 9.59 Å². The van der Waals surface area contributed by atoms with Gasteiger partial charge in [0.15, 0.2) is 0 Å². The molecule has 0 saturated heterocycles. The second kappa shape index (κ2) is 3.49. The Morgan fingerprint density at radius 2 is 2.14 bits per heavy atom. The minimum Gasteiger partial charge on any atom is -0.303 e. The van der Waals surface area contributed by atoms with Crippen LogP contribution in [-0.2, 0) is 9.59 Å². The van der Waals surface area contributed by atoms with Gasteiger partial charge >= 0.3 is 0 Å². The van der Waals surface area contributed by atoms with Crippen molar-refractivity contribution in [2.75, 3.05) is 0 Å². The molecule has 0 saturated carbocycles. The standard InChI is InChI=1S/C4H5NO2/c5-4(3-7)1-2-6/h2-3,5H,1H2. The third-order valence-corrected chi connectivity index (χ3v) is 0.446. The van der Waals surface area contributed by atoms with Crippen LogP contribution in [0.5, 0.6) is 0 Å². The highest BCUT2D eigenvalue weighted by Gasteiger charge is 1.96. The molecule has 0 amide bonds. The van der Waals surface area contributed by atoms with E-state index in [1.54, 1.807) is 0 Å². The molecule has 0 aromatic carbocycles. The van der Waals surface area contributed by atoms with Crippen LogP contribution < -0.4 is 5.73 Å². The van der Waals surface area contributed by atoms with E-state index in [1.165, 1.54) is 0 Å². The topological polar surface area (TPSA) is 57.9 Å². The molecule has 0 bridgehead atoms. The third-order valence-electron chi connectivity index (χ3n) is 0.446. The second-order valence-corrected chi connectivity index (χ2v) is 1.01. The Morgan fingerprint density at radius 1 is 1.57 bits per heavy atom. The van der Waals surface area contributed by atoms with E-state index in [0.717, 1.165) is 0 Å². The maximum Gasteiger partial charge on any atom is 0.144 e. The molecule has 0 fully saturated rings. The molecule has 0 aromatic rings. The van der Waals surface area contributed by atoms with Gasteiger partial charge in [0.25, 0.3) is 0 Å². The van der Waals surface area contributed by atoms with Crippen LogP contribution in [0, 0.1) is 6.04 Å². The zero-order valence-corrected chi connectivity index (χ0v) is 3.68. The van der Waals surface area contributed by atoms with Crippen LogP contribution in [-0.4, -0.2) is 12.6 Å². The smallest absolute Gasteiger partial charge is 0.144 e. The number of hydrogen-bond donors (Lipinski definition) is 0. The fourth-order valence-corrected chi connectivity index (χ4v) is 0.138. The summed E-state index contributed by atoms with van der Waals surface area (Å²) in [7, 11) is 0. The summed E-state index contributed by atoms with van der Waals surface area (Å²) < 4.78 is 0. The SMILES string of the molecule is [NH][C](C=O)CC=O. The van der Waals surface area contributed by atoms with E-state index in [0.29, 0.717) is 12.6 Å². The molecule has 0 aliphatic carbocycles. The van der Waals surface area contributed by atoms with Crippen molar-refractivity contribution in [3.05, 3.63) is 6.04 Å². The summed E-state index contributed by atoms with van der Waals surface area (Å²) >= 11 is 0. The quantitative estimate of drug-likeness (QED) is 0.451. The zero-order chi connectivity index (χ0) is 5.70. The summed E-state index contributed by atoms with van der Waals surface area (Å²) in [4.78, 5) is 19.0. The van der Waals surface area contributed by atoms with Crippen LogP contribution in [0.15, 0.2) is 0 Å². The van der Waals surface area contributed by atoms with Crippen molar-refractivity contribution in [3.8, 4) is 0 Å². The van der Waals surface area contributed by atoms with E-state index in [4.69, 9.17) is 5.73 Å². The predicted octanol–water partition coefficient (Wildman–Crippen LogP) is -0.411. The van der Waals surface area contributed by atoms with Gasteiger partial charge < -0.3 is 9.59 Å². The van der Waals surface area contributed by atoms with Gasteiger partial charge in [0.2, 0.25) is 0 Å². The summed E-state index contributed by atoms with van der Waals surface area (Å²) in [5.74, 6) is 0. The van der Waals surface area contributed by atoms with Gasteiger partial charge in [-0.2, -0.15) is 0 Å². The maximum absolute atomic E-state index is 9.51. The van der Waals surface area contributed by atoms with Gasteiger partial charge in [-0.1, -0.05) is 0 Å². The molecule has 0 heterocycles. The van der Waals surface area contributed by atoms with Crippen molar-refractivity contribution in [2.45, 2.75) is 6.42 Å². The number of nitrogens with one attached hydrogen (secondary N) is 1. The second-order valence-electron chi connectivity index (χ2n) is 1.01. The van der Waals surface area contributed by atoms with Crippen molar-refractivity contribution in [3.63, 3.8) is 0 Å². The first-order valence-electron chi connectivity index (χ1n) is 1.77. The summed E-state index contributed by atoms with van der Waals surface area (Å²) in [6.07, 6.45) is 0.814. The van der Waals surface area contributed by atoms with Gasteiger partial charge in [-0.15, -0.1) is 0 Å². The average Bonchev–Trinajstić information content (AvgIpc) is 1.68. The molecule has 0 atom stereocenters. The van der Waals surface area contributed by atoms with Gasteiger partial charge in [-0.3, -0.25) is 0 Å². The highest BCUT2D eigenvalue weighted by atomic mass is 16.1. The first-order valence-corrected chi connectivity index (χ1v) is 1.77. The summed E-state index contributed by atoms with van der Waals surface area (Å²) in [6.45, 7) is 0. The molecular formula is C4H5NO2. The first kappa shape index (κ1) is 6.30. The van der Waals surface area contributed by atoms with E-state index >= 15 is 0 Å². The van der Waals surface area contributed by atoms with Gasteiger partial charge in [0, 0.05) is 6.42 Å². The van der Waals surface area contributed by atoms with E-state index in [1.807, 2.05) is 0 Å². The lowest BCUT2D eigenvalue weighted by molar-refractivity contribution is -0.111.